The third-order valence-corrected chi connectivity index (χ3v) is 7.07. The van der Waals surface area contributed by atoms with Crippen molar-refractivity contribution in [2.24, 2.45) is 0 Å². The number of hydrogen-bond acceptors (Lipinski definition) is 4. The van der Waals surface area contributed by atoms with Gasteiger partial charge < -0.3 is 9.47 Å². The molecule has 33 heavy (non-hydrogen) atoms. The van der Waals surface area contributed by atoms with Crippen LogP contribution < -0.4 is 5.56 Å². The van der Waals surface area contributed by atoms with Gasteiger partial charge in [-0.25, -0.2) is 0 Å². The Labute approximate surface area is 200 Å². The summed E-state index contributed by atoms with van der Waals surface area (Å²) in [5.41, 5.74) is 5.20. The second-order valence-electron chi connectivity index (χ2n) is 8.13. The van der Waals surface area contributed by atoms with Crippen LogP contribution in [0.3, 0.4) is 0 Å². The van der Waals surface area contributed by atoms with Crippen molar-refractivity contribution in [1.29, 1.82) is 0 Å². The molecule has 7 heteroatoms. The number of carbonyl (C=O) groups is 1. The van der Waals surface area contributed by atoms with Gasteiger partial charge in [0.1, 0.15) is 0 Å². The van der Waals surface area contributed by atoms with Crippen LogP contribution in [0.2, 0.25) is 5.02 Å². The number of nitrogens with zero attached hydrogens (tertiary/aromatic N) is 3. The number of amides is 1. The predicted octanol–water partition coefficient (Wildman–Crippen LogP) is 4.80. The van der Waals surface area contributed by atoms with E-state index in [0.29, 0.717) is 48.6 Å². The fraction of sp³-hybridized carbons (Fsp3) is 0.192. The number of pyridine rings is 2. The lowest BCUT2D eigenvalue weighted by Crippen LogP contribution is -2.40. The average molecular weight is 476 g/mol. The zero-order chi connectivity index (χ0) is 22.8. The van der Waals surface area contributed by atoms with Gasteiger partial charge in [-0.05, 0) is 57.8 Å². The molecule has 0 saturated heterocycles. The molecule has 4 heterocycles. The van der Waals surface area contributed by atoms with Gasteiger partial charge in [0.05, 0.1) is 13.0 Å². The topological polar surface area (TPSA) is 55.2 Å². The second kappa shape index (κ2) is 9.33. The molecule has 5 rings (SSSR count). The highest BCUT2D eigenvalue weighted by Gasteiger charge is 2.26. The van der Waals surface area contributed by atoms with Crippen molar-refractivity contribution in [2.45, 2.75) is 25.9 Å². The predicted molar refractivity (Wildman–Crippen MR) is 132 cm³/mol. The number of benzene rings is 1. The summed E-state index contributed by atoms with van der Waals surface area (Å²) in [6.45, 7) is 1.52. The van der Waals surface area contributed by atoms with Crippen LogP contribution in [0.5, 0.6) is 0 Å². The maximum atomic E-state index is 13.6. The molecule has 1 aliphatic rings. The van der Waals surface area contributed by atoms with Crippen molar-refractivity contribution in [3.63, 3.8) is 0 Å². The van der Waals surface area contributed by atoms with Gasteiger partial charge in [0, 0.05) is 53.7 Å². The van der Waals surface area contributed by atoms with Crippen molar-refractivity contribution in [2.75, 3.05) is 6.54 Å². The largest absolute Gasteiger partial charge is 0.338 e. The molecule has 1 aromatic carbocycles. The summed E-state index contributed by atoms with van der Waals surface area (Å²) in [6, 6.07) is 15.1. The molecular weight excluding hydrogens is 454 g/mol. The first-order valence-corrected chi connectivity index (χ1v) is 12.1. The Bertz CT molecular complexity index is 1350. The van der Waals surface area contributed by atoms with E-state index in [0.717, 1.165) is 22.4 Å². The van der Waals surface area contributed by atoms with Crippen molar-refractivity contribution >= 4 is 28.8 Å². The van der Waals surface area contributed by atoms with E-state index in [9.17, 15) is 9.59 Å². The first-order valence-electron chi connectivity index (χ1n) is 10.8. The molecule has 3 aromatic heterocycles. The molecule has 4 aromatic rings. The Morgan fingerprint density at radius 2 is 1.88 bits per heavy atom. The van der Waals surface area contributed by atoms with Crippen LogP contribution in [-0.4, -0.2) is 26.9 Å². The smallest absolute Gasteiger partial charge is 0.259 e. The maximum Gasteiger partial charge on any atom is 0.259 e. The molecule has 0 N–H and O–H groups in total. The van der Waals surface area contributed by atoms with Crippen molar-refractivity contribution in [1.82, 2.24) is 14.5 Å². The molecular formula is C26H22ClN3O2S. The van der Waals surface area contributed by atoms with Crippen molar-refractivity contribution in [3.05, 3.63) is 109 Å². The normalized spacial score (nSPS) is 13.1. The molecule has 0 spiro atoms. The van der Waals surface area contributed by atoms with E-state index < -0.39 is 0 Å². The fourth-order valence-corrected chi connectivity index (χ4v) is 5.23. The van der Waals surface area contributed by atoms with Crippen molar-refractivity contribution in [3.8, 4) is 11.1 Å². The van der Waals surface area contributed by atoms with E-state index in [1.54, 1.807) is 29.8 Å². The summed E-state index contributed by atoms with van der Waals surface area (Å²) in [4.78, 5) is 32.6. The van der Waals surface area contributed by atoms with Crippen LogP contribution in [0.1, 0.15) is 22.4 Å². The fourth-order valence-electron chi connectivity index (χ4n) is 4.32. The highest BCUT2D eigenvalue weighted by atomic mass is 35.5. The van der Waals surface area contributed by atoms with Gasteiger partial charge in [-0.1, -0.05) is 29.8 Å². The van der Waals surface area contributed by atoms with E-state index in [-0.39, 0.29) is 11.5 Å². The SMILES string of the molecule is O=C(Cc1ccsc1)N1CCc2c(cc(-c3ccccc3Cl)c(=O)n2Cc2ccncc2)C1. The van der Waals surface area contributed by atoms with Crippen molar-refractivity contribution < 1.29 is 4.79 Å². The summed E-state index contributed by atoms with van der Waals surface area (Å²) in [5, 5.41) is 4.53. The minimum atomic E-state index is -0.0725. The van der Waals surface area contributed by atoms with Gasteiger partial charge in [-0.15, -0.1) is 0 Å². The van der Waals surface area contributed by atoms with Crippen LogP contribution in [0.25, 0.3) is 11.1 Å². The molecule has 0 saturated carbocycles. The number of carbonyl (C=O) groups excluding carboxylic acids is 1. The molecule has 1 amide bonds. The van der Waals surface area contributed by atoms with E-state index in [4.69, 9.17) is 11.6 Å². The van der Waals surface area contributed by atoms with Crippen LogP contribution in [-0.2, 0) is 30.7 Å². The minimum absolute atomic E-state index is 0.0725. The first-order chi connectivity index (χ1) is 16.1. The average Bonchev–Trinajstić information content (AvgIpc) is 3.34. The van der Waals surface area contributed by atoms with Crippen LogP contribution in [0.4, 0.5) is 0 Å². The Hall–Kier alpha value is -3.22. The highest BCUT2D eigenvalue weighted by molar-refractivity contribution is 7.08. The van der Waals surface area contributed by atoms with Gasteiger partial charge >= 0.3 is 0 Å². The van der Waals surface area contributed by atoms with Gasteiger partial charge in [0.15, 0.2) is 0 Å². The number of thiophene rings is 1. The number of rotatable bonds is 5. The Balaban J connectivity index is 1.56. The Kier molecular flexibility index (Phi) is 6.11. The number of aromatic nitrogens is 2. The van der Waals surface area contributed by atoms with Gasteiger partial charge in [-0.3, -0.25) is 14.6 Å². The molecule has 0 atom stereocenters. The second-order valence-corrected chi connectivity index (χ2v) is 9.32. The lowest BCUT2D eigenvalue weighted by Gasteiger charge is -2.31. The van der Waals surface area contributed by atoms with Gasteiger partial charge in [0.25, 0.3) is 5.56 Å². The Morgan fingerprint density at radius 1 is 1.06 bits per heavy atom. The molecule has 0 unspecified atom stereocenters. The standard InChI is InChI=1S/C26H22ClN3O2S/c27-23-4-2-1-3-21(23)22-14-20-16-29(25(31)13-19-8-12-33-17-19)11-7-24(20)30(26(22)32)15-18-5-9-28-10-6-18/h1-6,8-10,12,14,17H,7,11,13,15-16H2. The molecule has 1 aliphatic heterocycles. The quantitative estimate of drug-likeness (QED) is 0.416. The van der Waals surface area contributed by atoms with E-state index in [1.165, 1.54) is 0 Å². The highest BCUT2D eigenvalue weighted by Crippen LogP contribution is 2.29. The van der Waals surface area contributed by atoms with E-state index in [1.807, 2.05) is 62.7 Å². The molecule has 0 aliphatic carbocycles. The lowest BCUT2D eigenvalue weighted by atomic mass is 9.98. The van der Waals surface area contributed by atoms with E-state index >= 15 is 0 Å². The third kappa shape index (κ3) is 4.49. The monoisotopic (exact) mass is 475 g/mol. The Morgan fingerprint density at radius 3 is 2.64 bits per heavy atom. The van der Waals surface area contributed by atoms with E-state index in [2.05, 4.69) is 4.98 Å². The number of hydrogen-bond donors (Lipinski definition) is 0. The molecule has 0 radical (unpaired) electrons. The molecule has 0 fully saturated rings. The summed E-state index contributed by atoms with van der Waals surface area (Å²) >= 11 is 8.06. The van der Waals surface area contributed by atoms with Gasteiger partial charge in [-0.2, -0.15) is 11.3 Å². The summed E-state index contributed by atoms with van der Waals surface area (Å²) in [5.74, 6) is 0.102. The first kappa shape index (κ1) is 21.6. The number of halogens is 1. The lowest BCUT2D eigenvalue weighted by molar-refractivity contribution is -0.131. The maximum absolute atomic E-state index is 13.6. The van der Waals surface area contributed by atoms with Gasteiger partial charge in [0.2, 0.25) is 5.91 Å². The number of fused-ring (bicyclic) bond motifs is 1. The minimum Gasteiger partial charge on any atom is -0.338 e. The summed E-state index contributed by atoms with van der Waals surface area (Å²) in [7, 11) is 0. The van der Waals surface area contributed by atoms with Crippen LogP contribution in [0.15, 0.2) is 76.5 Å². The zero-order valence-electron chi connectivity index (χ0n) is 17.9. The van der Waals surface area contributed by atoms with Crippen LogP contribution >= 0.6 is 22.9 Å². The molecule has 0 bridgehead atoms. The summed E-state index contributed by atoms with van der Waals surface area (Å²) in [6.07, 6.45) is 4.49. The third-order valence-electron chi connectivity index (χ3n) is 6.01. The van der Waals surface area contributed by atoms with Crippen LogP contribution in [0, 0.1) is 0 Å². The zero-order valence-corrected chi connectivity index (χ0v) is 19.5. The summed E-state index contributed by atoms with van der Waals surface area (Å²) < 4.78 is 1.84. The molecule has 5 nitrogen and oxygen atoms in total. The molecule has 166 valence electrons.